The van der Waals surface area contributed by atoms with Crippen molar-refractivity contribution in [3.8, 4) is 6.07 Å². The lowest BCUT2D eigenvalue weighted by Gasteiger charge is -2.16. The molecule has 0 aromatic heterocycles. The molecule has 0 aliphatic heterocycles. The Morgan fingerprint density at radius 3 is 2.52 bits per heavy atom. The Labute approximate surface area is 145 Å². The van der Waals surface area contributed by atoms with Gasteiger partial charge in [0.15, 0.2) is 0 Å². The lowest BCUT2D eigenvalue weighted by Crippen LogP contribution is -2.32. The van der Waals surface area contributed by atoms with Crippen LogP contribution >= 0.6 is 23.2 Å². The number of halogens is 2. The molecule has 0 saturated carbocycles. The fraction of sp³-hybridized carbons (Fsp3) is 0.176. The molecular formula is C17H15Cl2N3O. The lowest BCUT2D eigenvalue weighted by atomic mass is 10.1. The second-order valence-corrected chi connectivity index (χ2v) is 5.84. The Hall–Kier alpha value is -2.22. The van der Waals surface area contributed by atoms with Gasteiger partial charge in [-0.05, 0) is 48.9 Å². The molecule has 118 valence electrons. The maximum Gasteiger partial charge on any atom is 0.239 e. The molecule has 0 aliphatic rings. The standard InChI is InChI=1S/C17H15Cl2N3O/c1-11(15-7-4-13(18)8-16(15)19)22-17(23)10-21-14-5-2-12(9-20)3-6-14/h2-8,11,21H,10H2,1H3,(H,22,23). The topological polar surface area (TPSA) is 64.9 Å². The number of nitrogens with zero attached hydrogens (tertiary/aromatic N) is 1. The van der Waals surface area contributed by atoms with E-state index >= 15 is 0 Å². The molecule has 0 spiro atoms. The van der Waals surface area contributed by atoms with Gasteiger partial charge in [-0.25, -0.2) is 0 Å². The lowest BCUT2D eigenvalue weighted by molar-refractivity contribution is -0.120. The zero-order chi connectivity index (χ0) is 16.8. The van der Waals surface area contributed by atoms with Gasteiger partial charge >= 0.3 is 0 Å². The fourth-order valence-corrected chi connectivity index (χ4v) is 2.64. The first kappa shape index (κ1) is 17.1. The largest absolute Gasteiger partial charge is 0.376 e. The van der Waals surface area contributed by atoms with Gasteiger partial charge in [0, 0.05) is 15.7 Å². The van der Waals surface area contributed by atoms with Gasteiger partial charge in [-0.2, -0.15) is 5.26 Å². The molecule has 0 saturated heterocycles. The highest BCUT2D eigenvalue weighted by Gasteiger charge is 2.12. The first-order valence-electron chi connectivity index (χ1n) is 6.98. The van der Waals surface area contributed by atoms with Crippen molar-refractivity contribution in [1.29, 1.82) is 5.26 Å². The second kappa shape index (κ2) is 7.87. The van der Waals surface area contributed by atoms with E-state index in [0.717, 1.165) is 11.3 Å². The summed E-state index contributed by atoms with van der Waals surface area (Å²) >= 11 is 12.0. The van der Waals surface area contributed by atoms with Crippen molar-refractivity contribution in [2.75, 3.05) is 11.9 Å². The highest BCUT2D eigenvalue weighted by molar-refractivity contribution is 6.35. The average Bonchev–Trinajstić information content (AvgIpc) is 2.53. The highest BCUT2D eigenvalue weighted by Crippen LogP contribution is 2.25. The maximum absolute atomic E-state index is 12.0. The normalized spacial score (nSPS) is 11.4. The molecule has 1 unspecified atom stereocenters. The predicted molar refractivity (Wildman–Crippen MR) is 92.7 cm³/mol. The van der Waals surface area contributed by atoms with E-state index in [0.29, 0.717) is 15.6 Å². The predicted octanol–water partition coefficient (Wildman–Crippen LogP) is 4.15. The van der Waals surface area contributed by atoms with Crippen molar-refractivity contribution >= 4 is 34.8 Å². The monoisotopic (exact) mass is 347 g/mol. The van der Waals surface area contributed by atoms with Crippen molar-refractivity contribution in [3.63, 3.8) is 0 Å². The molecule has 1 amide bonds. The van der Waals surface area contributed by atoms with Crippen LogP contribution in [0.1, 0.15) is 24.1 Å². The van der Waals surface area contributed by atoms with Gasteiger partial charge in [0.25, 0.3) is 0 Å². The summed E-state index contributed by atoms with van der Waals surface area (Å²) in [5.74, 6) is -0.159. The maximum atomic E-state index is 12.0. The first-order valence-corrected chi connectivity index (χ1v) is 7.73. The van der Waals surface area contributed by atoms with Gasteiger partial charge in [0.1, 0.15) is 0 Å². The van der Waals surface area contributed by atoms with Crippen molar-refractivity contribution < 1.29 is 4.79 Å². The summed E-state index contributed by atoms with van der Waals surface area (Å²) in [6.45, 7) is 1.98. The summed E-state index contributed by atoms with van der Waals surface area (Å²) in [6.07, 6.45) is 0. The van der Waals surface area contributed by atoms with E-state index in [1.165, 1.54) is 0 Å². The molecular weight excluding hydrogens is 333 g/mol. The van der Waals surface area contributed by atoms with E-state index in [1.807, 2.05) is 13.0 Å². The van der Waals surface area contributed by atoms with Crippen molar-refractivity contribution in [3.05, 3.63) is 63.6 Å². The Morgan fingerprint density at radius 2 is 1.91 bits per heavy atom. The number of benzene rings is 2. The molecule has 2 N–H and O–H groups in total. The van der Waals surface area contributed by atoms with Gasteiger partial charge in [-0.1, -0.05) is 29.3 Å². The minimum atomic E-state index is -0.227. The number of amides is 1. The number of hydrogen-bond donors (Lipinski definition) is 2. The summed E-state index contributed by atoms with van der Waals surface area (Å²) < 4.78 is 0. The second-order valence-electron chi connectivity index (χ2n) is 5.00. The molecule has 2 aromatic rings. The molecule has 1 atom stereocenters. The smallest absolute Gasteiger partial charge is 0.239 e. The molecule has 0 aliphatic carbocycles. The van der Waals surface area contributed by atoms with Crippen LogP contribution < -0.4 is 10.6 Å². The van der Waals surface area contributed by atoms with Gasteiger partial charge in [-0.15, -0.1) is 0 Å². The SMILES string of the molecule is CC(NC(=O)CNc1ccc(C#N)cc1)c1ccc(Cl)cc1Cl. The highest BCUT2D eigenvalue weighted by atomic mass is 35.5. The molecule has 6 heteroatoms. The van der Waals surface area contributed by atoms with Crippen molar-refractivity contribution in [2.24, 2.45) is 0 Å². The van der Waals surface area contributed by atoms with Gasteiger partial charge < -0.3 is 10.6 Å². The first-order chi connectivity index (χ1) is 11.0. The number of hydrogen-bond acceptors (Lipinski definition) is 3. The molecule has 0 fully saturated rings. The fourth-order valence-electron chi connectivity index (χ4n) is 2.07. The van der Waals surface area contributed by atoms with E-state index in [-0.39, 0.29) is 18.5 Å². The molecule has 0 heterocycles. The van der Waals surface area contributed by atoms with E-state index in [9.17, 15) is 4.79 Å². The van der Waals surface area contributed by atoms with E-state index in [1.54, 1.807) is 42.5 Å². The third-order valence-corrected chi connectivity index (χ3v) is 3.84. The van der Waals surface area contributed by atoms with Crippen LogP contribution in [-0.2, 0) is 4.79 Å². The number of nitrogens with one attached hydrogen (secondary N) is 2. The van der Waals surface area contributed by atoms with Crippen LogP contribution in [0.15, 0.2) is 42.5 Å². The van der Waals surface area contributed by atoms with Crippen molar-refractivity contribution in [1.82, 2.24) is 5.32 Å². The third-order valence-electron chi connectivity index (χ3n) is 3.27. The number of rotatable bonds is 5. The third kappa shape index (κ3) is 4.88. The summed E-state index contributed by atoms with van der Waals surface area (Å²) in [5.41, 5.74) is 2.16. The van der Waals surface area contributed by atoms with E-state index < -0.39 is 0 Å². The Bertz CT molecular complexity index is 738. The zero-order valence-corrected chi connectivity index (χ0v) is 13.9. The minimum Gasteiger partial charge on any atom is -0.376 e. The number of anilines is 1. The molecule has 0 bridgehead atoms. The van der Waals surface area contributed by atoms with Crippen LogP contribution in [-0.4, -0.2) is 12.5 Å². The van der Waals surface area contributed by atoms with E-state index in [4.69, 9.17) is 28.5 Å². The van der Waals surface area contributed by atoms with Crippen LogP contribution in [0, 0.1) is 11.3 Å². The average molecular weight is 348 g/mol. The quantitative estimate of drug-likeness (QED) is 0.853. The summed E-state index contributed by atoms with van der Waals surface area (Å²) in [4.78, 5) is 12.0. The van der Waals surface area contributed by atoms with Crippen LogP contribution in [0.2, 0.25) is 10.0 Å². The number of carbonyl (C=O) groups excluding carboxylic acids is 1. The van der Waals surface area contributed by atoms with Crippen LogP contribution in [0.3, 0.4) is 0 Å². The zero-order valence-electron chi connectivity index (χ0n) is 12.4. The summed E-state index contributed by atoms with van der Waals surface area (Å²) in [6, 6.07) is 13.9. The Balaban J connectivity index is 1.89. The molecule has 2 aromatic carbocycles. The van der Waals surface area contributed by atoms with Crippen LogP contribution in [0.5, 0.6) is 0 Å². The number of carbonyl (C=O) groups is 1. The van der Waals surface area contributed by atoms with Gasteiger partial charge in [0.2, 0.25) is 5.91 Å². The Morgan fingerprint density at radius 1 is 1.22 bits per heavy atom. The molecule has 4 nitrogen and oxygen atoms in total. The van der Waals surface area contributed by atoms with Gasteiger partial charge in [-0.3, -0.25) is 4.79 Å². The van der Waals surface area contributed by atoms with Crippen LogP contribution in [0.4, 0.5) is 5.69 Å². The van der Waals surface area contributed by atoms with Gasteiger partial charge in [0.05, 0.1) is 24.2 Å². The molecule has 2 rings (SSSR count). The Kier molecular flexibility index (Phi) is 5.86. The summed E-state index contributed by atoms with van der Waals surface area (Å²) in [7, 11) is 0. The summed E-state index contributed by atoms with van der Waals surface area (Å²) in [5, 5.41) is 15.7. The molecule has 0 radical (unpaired) electrons. The van der Waals surface area contributed by atoms with E-state index in [2.05, 4.69) is 10.6 Å². The number of nitriles is 1. The minimum absolute atomic E-state index is 0.126. The van der Waals surface area contributed by atoms with Crippen LogP contribution in [0.25, 0.3) is 0 Å². The van der Waals surface area contributed by atoms with Crippen molar-refractivity contribution in [2.45, 2.75) is 13.0 Å². The molecule has 23 heavy (non-hydrogen) atoms.